The van der Waals surface area contributed by atoms with E-state index in [2.05, 4.69) is 17.6 Å². The van der Waals surface area contributed by atoms with Gasteiger partial charge in [-0.05, 0) is 25.7 Å². The smallest absolute Gasteiger partial charge is 0.318 e. The summed E-state index contributed by atoms with van der Waals surface area (Å²) in [5.41, 5.74) is 4.89. The van der Waals surface area contributed by atoms with Crippen LogP contribution in [0.4, 0.5) is 4.79 Å². The fraction of sp³-hybridized carbons (Fsp3) is 0.818. The number of rotatable bonds is 3. The summed E-state index contributed by atoms with van der Waals surface area (Å²) < 4.78 is 0. The van der Waals surface area contributed by atoms with Crippen molar-refractivity contribution in [2.24, 2.45) is 11.7 Å². The van der Waals surface area contributed by atoms with Gasteiger partial charge >= 0.3 is 6.03 Å². The first-order valence-electron chi connectivity index (χ1n) is 5.87. The Kier molecular flexibility index (Phi) is 4.73. The van der Waals surface area contributed by atoms with Crippen molar-refractivity contribution in [3.8, 4) is 0 Å². The number of nitrogens with one attached hydrogen (secondary N) is 2. The van der Waals surface area contributed by atoms with Crippen LogP contribution in [0.15, 0.2) is 0 Å². The molecule has 16 heavy (non-hydrogen) atoms. The van der Waals surface area contributed by atoms with Crippen LogP contribution in [0.5, 0.6) is 0 Å². The Morgan fingerprint density at radius 1 is 1.31 bits per heavy atom. The molecule has 0 aromatic carbocycles. The maximum atomic E-state index is 11.5. The van der Waals surface area contributed by atoms with Gasteiger partial charge in [-0.1, -0.05) is 19.8 Å². The predicted octanol–water partition coefficient (Wildman–Crippen LogP) is 0.738. The Balaban J connectivity index is 2.40. The molecule has 3 atom stereocenters. The first-order chi connectivity index (χ1) is 7.50. The number of hydrogen-bond donors (Lipinski definition) is 3. The minimum absolute atomic E-state index is 0.356. The summed E-state index contributed by atoms with van der Waals surface area (Å²) in [6, 6.07) is -0.809. The quantitative estimate of drug-likeness (QED) is 0.664. The topological polar surface area (TPSA) is 84.2 Å². The van der Waals surface area contributed by atoms with Crippen LogP contribution in [-0.2, 0) is 4.79 Å². The molecule has 0 radical (unpaired) electrons. The van der Waals surface area contributed by atoms with Crippen molar-refractivity contribution in [2.75, 3.05) is 0 Å². The molecule has 0 bridgehead atoms. The lowest BCUT2D eigenvalue weighted by Gasteiger charge is -2.31. The Bertz CT molecular complexity index is 268. The zero-order chi connectivity index (χ0) is 12.1. The van der Waals surface area contributed by atoms with Gasteiger partial charge in [0.2, 0.25) is 5.91 Å². The van der Waals surface area contributed by atoms with Gasteiger partial charge in [0, 0.05) is 6.04 Å². The zero-order valence-corrected chi connectivity index (χ0v) is 9.95. The number of amides is 3. The molecule has 0 aromatic heterocycles. The molecular weight excluding hydrogens is 206 g/mol. The zero-order valence-electron chi connectivity index (χ0n) is 9.95. The largest absolute Gasteiger partial charge is 0.351 e. The van der Waals surface area contributed by atoms with Gasteiger partial charge in [-0.25, -0.2) is 4.79 Å². The molecule has 1 saturated carbocycles. The van der Waals surface area contributed by atoms with E-state index >= 15 is 0 Å². The van der Waals surface area contributed by atoms with Gasteiger partial charge in [0.25, 0.3) is 0 Å². The lowest BCUT2D eigenvalue weighted by atomic mass is 9.85. The normalized spacial score (nSPS) is 27.1. The van der Waals surface area contributed by atoms with E-state index in [-0.39, 0.29) is 11.9 Å². The van der Waals surface area contributed by atoms with Crippen LogP contribution < -0.4 is 16.4 Å². The number of imide groups is 1. The summed E-state index contributed by atoms with van der Waals surface area (Å²) in [6.45, 7) is 3.94. The molecule has 5 nitrogen and oxygen atoms in total. The van der Waals surface area contributed by atoms with Crippen molar-refractivity contribution in [2.45, 2.75) is 51.6 Å². The second-order valence-electron chi connectivity index (χ2n) is 4.61. The molecule has 1 fully saturated rings. The monoisotopic (exact) mass is 227 g/mol. The Labute approximate surface area is 96.1 Å². The van der Waals surface area contributed by atoms with Gasteiger partial charge < -0.3 is 11.1 Å². The number of carbonyl (C=O) groups is 2. The molecule has 3 amide bonds. The third kappa shape index (κ3) is 3.81. The van der Waals surface area contributed by atoms with Crippen molar-refractivity contribution < 1.29 is 9.59 Å². The number of hydrogen-bond acceptors (Lipinski definition) is 3. The van der Waals surface area contributed by atoms with Crippen LogP contribution in [-0.4, -0.2) is 24.0 Å². The molecule has 0 spiro atoms. The molecule has 0 saturated heterocycles. The molecule has 0 unspecified atom stereocenters. The summed E-state index contributed by atoms with van der Waals surface area (Å²) in [7, 11) is 0. The van der Waals surface area contributed by atoms with Crippen LogP contribution in [0.3, 0.4) is 0 Å². The highest BCUT2D eigenvalue weighted by atomic mass is 16.2. The predicted molar refractivity (Wildman–Crippen MR) is 61.7 cm³/mol. The third-order valence-corrected chi connectivity index (χ3v) is 3.22. The molecule has 0 aromatic rings. The fourth-order valence-corrected chi connectivity index (χ4v) is 2.19. The first-order valence-corrected chi connectivity index (χ1v) is 5.87. The molecule has 1 aliphatic rings. The SMILES string of the molecule is C[C@H](N[C@@H]1CCCC[C@@H]1C)C(=O)NC(N)=O. The van der Waals surface area contributed by atoms with E-state index in [1.54, 1.807) is 6.92 Å². The van der Waals surface area contributed by atoms with Gasteiger partial charge in [-0.2, -0.15) is 0 Å². The van der Waals surface area contributed by atoms with E-state index < -0.39 is 6.03 Å². The molecule has 1 aliphatic carbocycles. The van der Waals surface area contributed by atoms with Crippen molar-refractivity contribution >= 4 is 11.9 Å². The standard InChI is InChI=1S/C11H21N3O2/c1-7-5-3-4-6-9(7)13-8(2)10(15)14-11(12)16/h7-9,13H,3-6H2,1-2H3,(H3,12,14,15,16)/t7-,8-,9+/m0/s1. The molecular formula is C11H21N3O2. The molecule has 1 rings (SSSR count). The summed E-state index contributed by atoms with van der Waals surface area (Å²) in [4.78, 5) is 22.0. The molecule has 0 heterocycles. The lowest BCUT2D eigenvalue weighted by molar-refractivity contribution is -0.121. The van der Waals surface area contributed by atoms with Gasteiger partial charge in [-0.15, -0.1) is 0 Å². The second kappa shape index (κ2) is 5.84. The first kappa shape index (κ1) is 13.0. The van der Waals surface area contributed by atoms with Gasteiger partial charge in [0.15, 0.2) is 0 Å². The van der Waals surface area contributed by atoms with Crippen LogP contribution in [0, 0.1) is 5.92 Å². The number of primary amides is 1. The summed E-state index contributed by atoms with van der Waals surface area (Å²) >= 11 is 0. The summed E-state index contributed by atoms with van der Waals surface area (Å²) in [6.07, 6.45) is 4.75. The van der Waals surface area contributed by atoms with Crippen molar-refractivity contribution in [3.05, 3.63) is 0 Å². The fourth-order valence-electron chi connectivity index (χ4n) is 2.19. The number of nitrogens with two attached hydrogens (primary N) is 1. The van der Waals surface area contributed by atoms with Crippen LogP contribution in [0.2, 0.25) is 0 Å². The van der Waals surface area contributed by atoms with E-state index in [0.717, 1.165) is 6.42 Å². The Morgan fingerprint density at radius 2 is 1.94 bits per heavy atom. The average molecular weight is 227 g/mol. The number of urea groups is 1. The highest BCUT2D eigenvalue weighted by Gasteiger charge is 2.25. The number of carbonyl (C=O) groups excluding carboxylic acids is 2. The second-order valence-corrected chi connectivity index (χ2v) is 4.61. The maximum Gasteiger partial charge on any atom is 0.318 e. The van der Waals surface area contributed by atoms with Crippen LogP contribution in [0.25, 0.3) is 0 Å². The van der Waals surface area contributed by atoms with E-state index in [1.165, 1.54) is 19.3 Å². The van der Waals surface area contributed by atoms with Crippen LogP contribution in [0.1, 0.15) is 39.5 Å². The van der Waals surface area contributed by atoms with E-state index in [0.29, 0.717) is 12.0 Å². The average Bonchev–Trinajstić information content (AvgIpc) is 2.20. The summed E-state index contributed by atoms with van der Waals surface area (Å²) in [5.74, 6) is 0.225. The Morgan fingerprint density at radius 3 is 2.50 bits per heavy atom. The van der Waals surface area contributed by atoms with E-state index in [9.17, 15) is 9.59 Å². The lowest BCUT2D eigenvalue weighted by Crippen LogP contribution is -2.51. The van der Waals surface area contributed by atoms with Crippen molar-refractivity contribution in [1.29, 1.82) is 0 Å². The highest BCUT2D eigenvalue weighted by molar-refractivity contribution is 5.96. The molecule has 0 aliphatic heterocycles. The van der Waals surface area contributed by atoms with Gasteiger partial charge in [-0.3, -0.25) is 10.1 Å². The minimum atomic E-state index is -0.796. The minimum Gasteiger partial charge on any atom is -0.351 e. The van der Waals surface area contributed by atoms with Gasteiger partial charge in [0.05, 0.1) is 6.04 Å². The van der Waals surface area contributed by atoms with E-state index in [4.69, 9.17) is 5.73 Å². The van der Waals surface area contributed by atoms with Crippen LogP contribution >= 0.6 is 0 Å². The summed E-state index contributed by atoms with van der Waals surface area (Å²) in [5, 5.41) is 5.34. The van der Waals surface area contributed by atoms with Crippen molar-refractivity contribution in [1.82, 2.24) is 10.6 Å². The maximum absolute atomic E-state index is 11.5. The third-order valence-electron chi connectivity index (χ3n) is 3.22. The molecule has 92 valence electrons. The van der Waals surface area contributed by atoms with Crippen molar-refractivity contribution in [3.63, 3.8) is 0 Å². The van der Waals surface area contributed by atoms with E-state index in [1.807, 2.05) is 0 Å². The molecule has 5 heteroatoms. The Hall–Kier alpha value is -1.10. The van der Waals surface area contributed by atoms with Gasteiger partial charge in [0.1, 0.15) is 0 Å². The molecule has 4 N–H and O–H groups in total. The highest BCUT2D eigenvalue weighted by Crippen LogP contribution is 2.23.